The summed E-state index contributed by atoms with van der Waals surface area (Å²) in [5, 5.41) is 24.1. The summed E-state index contributed by atoms with van der Waals surface area (Å²) in [5.74, 6) is -4.07. The van der Waals surface area contributed by atoms with Gasteiger partial charge in [0.2, 0.25) is 0 Å². The van der Waals surface area contributed by atoms with Crippen molar-refractivity contribution in [2.24, 2.45) is 7.05 Å². The minimum absolute atomic E-state index is 0.155. The molecule has 0 saturated carbocycles. The quantitative estimate of drug-likeness (QED) is 0.383. The van der Waals surface area contributed by atoms with Gasteiger partial charge >= 0.3 is 18.1 Å². The molecular weight excluding hydrogens is 505 g/mol. The Morgan fingerprint density at radius 1 is 1.05 bits per heavy atom. The molecular formula is C26H29F3N4O5. The molecule has 0 unspecified atom stereocenters. The fourth-order valence-electron chi connectivity index (χ4n) is 3.70. The summed E-state index contributed by atoms with van der Waals surface area (Å²) in [6.07, 6.45) is -3.33. The van der Waals surface area contributed by atoms with E-state index in [2.05, 4.69) is 17.3 Å². The number of carbonyl (C=O) groups excluding carboxylic acids is 1. The molecule has 1 heterocycles. The third-order valence-corrected chi connectivity index (χ3v) is 5.75. The minimum Gasteiger partial charge on any atom is -0.478 e. The number of rotatable bonds is 8. The number of hydrogen-bond acceptors (Lipinski definition) is 5. The van der Waals surface area contributed by atoms with Crippen molar-refractivity contribution in [2.45, 2.75) is 32.9 Å². The highest BCUT2D eigenvalue weighted by atomic mass is 19.4. The molecule has 9 nitrogen and oxygen atoms in total. The first-order valence-corrected chi connectivity index (χ1v) is 11.5. The van der Waals surface area contributed by atoms with Gasteiger partial charge in [0, 0.05) is 37.6 Å². The Kier molecular flexibility index (Phi) is 10.0. The van der Waals surface area contributed by atoms with E-state index in [9.17, 15) is 27.9 Å². The highest BCUT2D eigenvalue weighted by Crippen LogP contribution is 2.25. The summed E-state index contributed by atoms with van der Waals surface area (Å²) in [4.78, 5) is 35.1. The number of nitrogens with zero attached hydrogens (tertiary/aromatic N) is 3. The van der Waals surface area contributed by atoms with Crippen LogP contribution in [0.2, 0.25) is 0 Å². The van der Waals surface area contributed by atoms with Gasteiger partial charge in [0.25, 0.3) is 5.91 Å². The Balaban J connectivity index is 0.000000638. The Bertz CT molecular complexity index is 1290. The van der Waals surface area contributed by atoms with Crippen molar-refractivity contribution >= 4 is 29.2 Å². The molecule has 0 aliphatic rings. The molecule has 0 fully saturated rings. The molecule has 3 rings (SSSR count). The van der Waals surface area contributed by atoms with E-state index in [1.54, 1.807) is 36.4 Å². The zero-order valence-electron chi connectivity index (χ0n) is 21.3. The van der Waals surface area contributed by atoms with E-state index >= 15 is 0 Å². The van der Waals surface area contributed by atoms with Crippen LogP contribution in [0.4, 0.5) is 24.5 Å². The fourth-order valence-corrected chi connectivity index (χ4v) is 3.70. The molecule has 0 spiro atoms. The minimum atomic E-state index is -5.08. The first-order valence-electron chi connectivity index (χ1n) is 11.5. The van der Waals surface area contributed by atoms with E-state index in [1.807, 2.05) is 36.7 Å². The van der Waals surface area contributed by atoms with Gasteiger partial charge in [-0.2, -0.15) is 18.3 Å². The summed E-state index contributed by atoms with van der Waals surface area (Å²) in [5.41, 5.74) is 5.17. The van der Waals surface area contributed by atoms with Crippen LogP contribution in [0, 0.1) is 13.8 Å². The van der Waals surface area contributed by atoms with Crippen LogP contribution in [0.15, 0.2) is 48.5 Å². The number of aromatic carboxylic acids is 1. The molecule has 2 aromatic carbocycles. The van der Waals surface area contributed by atoms with Gasteiger partial charge in [0.15, 0.2) is 0 Å². The van der Waals surface area contributed by atoms with Gasteiger partial charge in [-0.1, -0.05) is 18.2 Å². The largest absolute Gasteiger partial charge is 0.490 e. The van der Waals surface area contributed by atoms with Crippen LogP contribution in [0.25, 0.3) is 0 Å². The van der Waals surface area contributed by atoms with Crippen LogP contribution in [0.3, 0.4) is 0 Å². The SMILES string of the molecule is Cc1nn(C)c(C)c1CCCN(C)c1ccc(NC(=O)c2ccccc2)cc1C(=O)O.O=C(O)C(F)(F)F. The van der Waals surface area contributed by atoms with Crippen LogP contribution in [0.5, 0.6) is 0 Å². The number of halogens is 3. The molecule has 1 amide bonds. The van der Waals surface area contributed by atoms with Crippen molar-refractivity contribution in [3.63, 3.8) is 0 Å². The van der Waals surface area contributed by atoms with Crippen LogP contribution in [-0.4, -0.2) is 57.6 Å². The van der Waals surface area contributed by atoms with Gasteiger partial charge in [-0.25, -0.2) is 9.59 Å². The predicted octanol–water partition coefficient (Wildman–Crippen LogP) is 4.69. The standard InChI is InChI=1S/C24H28N4O3.C2HF3O2/c1-16-20(17(2)28(4)26-16)11-8-14-27(3)22-13-12-19(15-21(22)24(30)31)25-23(29)18-9-6-5-7-10-18;3-2(4,5)1(6)7/h5-7,9-10,12-13,15H,8,11,14H2,1-4H3,(H,25,29)(H,30,31);(H,6,7). The lowest BCUT2D eigenvalue weighted by Crippen LogP contribution is -2.22. The Morgan fingerprint density at radius 2 is 1.66 bits per heavy atom. The van der Waals surface area contributed by atoms with Crippen LogP contribution in [-0.2, 0) is 18.3 Å². The van der Waals surface area contributed by atoms with Gasteiger partial charge in [-0.3, -0.25) is 9.48 Å². The summed E-state index contributed by atoms with van der Waals surface area (Å²) < 4.78 is 33.6. The van der Waals surface area contributed by atoms with Gasteiger partial charge in [0.1, 0.15) is 0 Å². The normalized spacial score (nSPS) is 10.8. The summed E-state index contributed by atoms with van der Waals surface area (Å²) in [6, 6.07) is 13.8. The summed E-state index contributed by atoms with van der Waals surface area (Å²) >= 11 is 0. The first-order chi connectivity index (χ1) is 17.7. The highest BCUT2D eigenvalue weighted by Gasteiger charge is 2.38. The molecule has 0 aliphatic carbocycles. The zero-order chi connectivity index (χ0) is 28.6. The molecule has 3 N–H and O–H groups in total. The number of alkyl halides is 3. The third kappa shape index (κ3) is 8.08. The number of hydrogen-bond donors (Lipinski definition) is 3. The van der Waals surface area contributed by atoms with Gasteiger partial charge in [-0.05, 0) is 62.6 Å². The summed E-state index contributed by atoms with van der Waals surface area (Å²) in [7, 11) is 3.82. The molecule has 204 valence electrons. The maximum Gasteiger partial charge on any atom is 0.490 e. The second-order valence-corrected chi connectivity index (χ2v) is 8.46. The number of aromatic nitrogens is 2. The topological polar surface area (TPSA) is 125 Å². The molecule has 38 heavy (non-hydrogen) atoms. The number of anilines is 2. The molecule has 12 heteroatoms. The van der Waals surface area contributed by atoms with Crippen molar-refractivity contribution in [3.8, 4) is 0 Å². The lowest BCUT2D eigenvalue weighted by Gasteiger charge is -2.22. The van der Waals surface area contributed by atoms with E-state index in [0.717, 1.165) is 24.2 Å². The first kappa shape index (κ1) is 29.9. The molecule has 0 radical (unpaired) electrons. The Hall–Kier alpha value is -4.35. The number of carbonyl (C=O) groups is 3. The number of carboxylic acid groups (broad SMARTS) is 2. The van der Waals surface area contributed by atoms with Crippen molar-refractivity contribution < 1.29 is 37.8 Å². The van der Waals surface area contributed by atoms with Crippen LogP contribution in [0.1, 0.15) is 44.1 Å². The number of benzene rings is 2. The van der Waals surface area contributed by atoms with E-state index < -0.39 is 18.1 Å². The van der Waals surface area contributed by atoms with E-state index in [0.29, 0.717) is 23.5 Å². The van der Waals surface area contributed by atoms with Gasteiger partial charge in [-0.15, -0.1) is 0 Å². The van der Waals surface area contributed by atoms with Crippen molar-refractivity contribution in [1.29, 1.82) is 0 Å². The molecule has 0 aliphatic heterocycles. The zero-order valence-corrected chi connectivity index (χ0v) is 21.3. The van der Waals surface area contributed by atoms with Gasteiger partial charge in [0.05, 0.1) is 16.9 Å². The van der Waals surface area contributed by atoms with Crippen LogP contribution >= 0.6 is 0 Å². The average molecular weight is 535 g/mol. The second kappa shape index (κ2) is 12.7. The molecule has 0 saturated heterocycles. The lowest BCUT2D eigenvalue weighted by molar-refractivity contribution is -0.192. The van der Waals surface area contributed by atoms with Crippen molar-refractivity contribution in [2.75, 3.05) is 23.8 Å². The number of aryl methyl sites for hydroxylation is 2. The number of amides is 1. The Labute approximate surface area is 217 Å². The monoisotopic (exact) mass is 534 g/mol. The highest BCUT2D eigenvalue weighted by molar-refractivity contribution is 6.05. The molecule has 0 atom stereocenters. The van der Waals surface area contributed by atoms with E-state index in [-0.39, 0.29) is 11.5 Å². The number of aliphatic carboxylic acids is 1. The third-order valence-electron chi connectivity index (χ3n) is 5.75. The smallest absolute Gasteiger partial charge is 0.478 e. The summed E-state index contributed by atoms with van der Waals surface area (Å²) in [6.45, 7) is 4.77. The molecule has 0 bridgehead atoms. The number of nitrogens with one attached hydrogen (secondary N) is 1. The molecule has 3 aromatic rings. The molecule has 1 aromatic heterocycles. The maximum absolute atomic E-state index is 12.4. The number of carboxylic acids is 2. The van der Waals surface area contributed by atoms with Crippen molar-refractivity contribution in [1.82, 2.24) is 9.78 Å². The predicted molar refractivity (Wildman–Crippen MR) is 136 cm³/mol. The lowest BCUT2D eigenvalue weighted by atomic mass is 10.1. The average Bonchev–Trinajstić information content (AvgIpc) is 3.10. The van der Waals surface area contributed by atoms with Gasteiger partial charge < -0.3 is 20.4 Å². The van der Waals surface area contributed by atoms with Crippen molar-refractivity contribution in [3.05, 3.63) is 76.6 Å². The Morgan fingerprint density at radius 3 is 2.16 bits per heavy atom. The maximum atomic E-state index is 12.4. The second-order valence-electron chi connectivity index (χ2n) is 8.46. The van der Waals surface area contributed by atoms with Crippen LogP contribution < -0.4 is 10.2 Å². The van der Waals surface area contributed by atoms with E-state index in [4.69, 9.17) is 9.90 Å². The fraction of sp³-hybridized carbons (Fsp3) is 0.308. The van der Waals surface area contributed by atoms with E-state index in [1.165, 1.54) is 11.6 Å².